The molecular formula is C55H34N4S. The molecule has 4 nitrogen and oxygen atoms in total. The molecule has 1 spiro atoms. The summed E-state index contributed by atoms with van der Waals surface area (Å²) in [5, 5.41) is 1.15. The number of benzene rings is 8. The lowest BCUT2D eigenvalue weighted by Crippen LogP contribution is -2.32. The molecule has 0 N–H and O–H groups in total. The lowest BCUT2D eigenvalue weighted by molar-refractivity contribution is 0.723. The number of nitrogens with zero attached hydrogens (tertiary/aromatic N) is 4. The average Bonchev–Trinajstić information content (AvgIpc) is 3.62. The Morgan fingerprint density at radius 1 is 0.317 bits per heavy atom. The molecular weight excluding hydrogens is 749 g/mol. The first-order valence-corrected chi connectivity index (χ1v) is 21.0. The highest BCUT2D eigenvalue weighted by Crippen LogP contribution is 2.64. The van der Waals surface area contributed by atoms with Gasteiger partial charge < -0.3 is 0 Å². The number of hydrogen-bond acceptors (Lipinski definition) is 5. The number of fused-ring (bicyclic) bond motifs is 10. The van der Waals surface area contributed by atoms with Crippen LogP contribution in [0.25, 0.3) is 78.4 Å². The van der Waals surface area contributed by atoms with E-state index in [1.165, 1.54) is 49.4 Å². The first-order valence-electron chi connectivity index (χ1n) is 20.2. The summed E-state index contributed by atoms with van der Waals surface area (Å²) in [7, 11) is 0. The van der Waals surface area contributed by atoms with Crippen LogP contribution in [0, 0.1) is 0 Å². The summed E-state index contributed by atoms with van der Waals surface area (Å²) in [6, 6.07) is 71.4. The van der Waals surface area contributed by atoms with Gasteiger partial charge in [-0.1, -0.05) is 200 Å². The molecule has 0 bridgehead atoms. The van der Waals surface area contributed by atoms with E-state index in [0.717, 1.165) is 43.6 Å². The van der Waals surface area contributed by atoms with Crippen LogP contribution in [-0.2, 0) is 5.41 Å². The largest absolute Gasteiger partial charge is 0.256 e. The minimum Gasteiger partial charge on any atom is -0.256 e. The molecule has 2 aliphatic rings. The molecule has 0 radical (unpaired) electrons. The van der Waals surface area contributed by atoms with Crippen molar-refractivity contribution >= 4 is 22.7 Å². The number of hydrogen-bond donors (Lipinski definition) is 0. The van der Waals surface area contributed by atoms with Gasteiger partial charge in [-0.05, 0) is 67.8 Å². The Labute approximate surface area is 352 Å². The van der Waals surface area contributed by atoms with E-state index in [4.69, 9.17) is 15.0 Å². The molecule has 5 heteroatoms. The Morgan fingerprint density at radius 3 is 1.42 bits per heavy atom. The van der Waals surface area contributed by atoms with Crippen molar-refractivity contribution in [3.8, 4) is 67.5 Å². The Hall–Kier alpha value is -7.47. The summed E-state index contributed by atoms with van der Waals surface area (Å²) < 4.78 is 0. The van der Waals surface area contributed by atoms with E-state index >= 15 is 0 Å². The van der Waals surface area contributed by atoms with Crippen LogP contribution in [0.15, 0.2) is 216 Å². The van der Waals surface area contributed by atoms with Crippen molar-refractivity contribution in [3.05, 3.63) is 229 Å². The molecule has 280 valence electrons. The third-order valence-corrected chi connectivity index (χ3v) is 13.4. The Morgan fingerprint density at radius 2 is 0.783 bits per heavy atom. The lowest BCUT2D eigenvalue weighted by Gasteiger charge is -2.41. The molecule has 1 aliphatic heterocycles. The third-order valence-electron chi connectivity index (χ3n) is 12.1. The van der Waals surface area contributed by atoms with Crippen molar-refractivity contribution in [2.75, 3.05) is 0 Å². The van der Waals surface area contributed by atoms with Gasteiger partial charge in [-0.2, -0.15) is 0 Å². The molecule has 10 aromatic rings. The molecule has 2 aromatic heterocycles. The average molecular weight is 783 g/mol. The number of aromatic nitrogens is 4. The zero-order chi connectivity index (χ0) is 39.6. The predicted octanol–water partition coefficient (Wildman–Crippen LogP) is 13.6. The molecule has 0 amide bonds. The molecule has 0 atom stereocenters. The van der Waals surface area contributed by atoms with Gasteiger partial charge >= 0.3 is 0 Å². The second-order valence-corrected chi connectivity index (χ2v) is 16.3. The van der Waals surface area contributed by atoms with E-state index in [0.29, 0.717) is 17.5 Å². The van der Waals surface area contributed by atoms with Gasteiger partial charge in [0.15, 0.2) is 17.5 Å². The van der Waals surface area contributed by atoms with E-state index in [2.05, 4.69) is 163 Å². The quantitative estimate of drug-likeness (QED) is 0.174. The van der Waals surface area contributed by atoms with Crippen LogP contribution in [0.2, 0.25) is 0 Å². The molecule has 0 saturated carbocycles. The number of para-hydroxylation sites is 1. The molecule has 60 heavy (non-hydrogen) atoms. The van der Waals surface area contributed by atoms with Gasteiger partial charge in [0.1, 0.15) is 0 Å². The second-order valence-electron chi connectivity index (χ2n) is 15.3. The van der Waals surface area contributed by atoms with Crippen molar-refractivity contribution in [1.29, 1.82) is 0 Å². The summed E-state index contributed by atoms with van der Waals surface area (Å²) >= 11 is 1.83. The van der Waals surface area contributed by atoms with Gasteiger partial charge in [-0.25, -0.2) is 15.0 Å². The summed E-state index contributed by atoms with van der Waals surface area (Å²) in [4.78, 5) is 22.6. The normalized spacial score (nSPS) is 13.1. The van der Waals surface area contributed by atoms with Crippen LogP contribution in [-0.4, -0.2) is 19.9 Å². The van der Waals surface area contributed by atoms with Gasteiger partial charge in [-0.15, -0.1) is 0 Å². The smallest absolute Gasteiger partial charge is 0.165 e. The molecule has 1 aliphatic carbocycles. The van der Waals surface area contributed by atoms with Crippen LogP contribution in [0.1, 0.15) is 22.3 Å². The maximum atomic E-state index is 5.27. The standard InChI is InChI=1S/C55H34N4S/c1-3-15-37(16-4-1)52-57-53(38-17-5-2-6-18-38)59-54(58-52)44-23-14-27-48-51(44)60-50-40(36-31-29-35(30-32-36)39-33-34-56-49-28-12-9-21-43(39)49)22-13-26-47(50)55(48)45-24-10-7-19-41(45)42-20-8-11-25-46(42)55/h1-34H. The second kappa shape index (κ2) is 13.8. The van der Waals surface area contributed by atoms with Crippen LogP contribution in [0.4, 0.5) is 0 Å². The first kappa shape index (κ1) is 34.6. The van der Waals surface area contributed by atoms with Gasteiger partial charge in [0.05, 0.1) is 10.9 Å². The Bertz CT molecular complexity index is 3180. The fraction of sp³-hybridized carbons (Fsp3) is 0.0182. The van der Waals surface area contributed by atoms with E-state index in [-0.39, 0.29) is 0 Å². The topological polar surface area (TPSA) is 51.6 Å². The zero-order valence-electron chi connectivity index (χ0n) is 32.3. The molecule has 0 saturated heterocycles. The zero-order valence-corrected chi connectivity index (χ0v) is 33.1. The van der Waals surface area contributed by atoms with Crippen molar-refractivity contribution in [2.45, 2.75) is 15.2 Å². The molecule has 0 unspecified atom stereocenters. The van der Waals surface area contributed by atoms with Gasteiger partial charge in [0.2, 0.25) is 0 Å². The van der Waals surface area contributed by atoms with Crippen LogP contribution in [0.3, 0.4) is 0 Å². The van der Waals surface area contributed by atoms with Gasteiger partial charge in [0, 0.05) is 38.1 Å². The summed E-state index contributed by atoms with van der Waals surface area (Å²) in [5.41, 5.74) is 15.6. The maximum Gasteiger partial charge on any atom is 0.165 e. The Kier molecular flexibility index (Phi) is 7.97. The van der Waals surface area contributed by atoms with Crippen molar-refractivity contribution in [2.24, 2.45) is 0 Å². The predicted molar refractivity (Wildman–Crippen MR) is 244 cm³/mol. The molecule has 3 heterocycles. The van der Waals surface area contributed by atoms with Crippen molar-refractivity contribution < 1.29 is 0 Å². The highest BCUT2D eigenvalue weighted by molar-refractivity contribution is 7.99. The van der Waals surface area contributed by atoms with Crippen molar-refractivity contribution in [1.82, 2.24) is 19.9 Å². The van der Waals surface area contributed by atoms with Crippen LogP contribution >= 0.6 is 11.8 Å². The van der Waals surface area contributed by atoms with E-state index in [9.17, 15) is 0 Å². The van der Waals surface area contributed by atoms with Crippen LogP contribution in [0.5, 0.6) is 0 Å². The fourth-order valence-corrected chi connectivity index (χ4v) is 10.9. The fourth-order valence-electron chi connectivity index (χ4n) is 9.46. The van der Waals surface area contributed by atoms with Gasteiger partial charge in [-0.3, -0.25) is 4.98 Å². The highest BCUT2D eigenvalue weighted by Gasteiger charge is 2.51. The van der Waals surface area contributed by atoms with Crippen LogP contribution < -0.4 is 0 Å². The Balaban J connectivity index is 1.11. The molecule has 0 fully saturated rings. The summed E-state index contributed by atoms with van der Waals surface area (Å²) in [6.45, 7) is 0. The maximum absolute atomic E-state index is 5.27. The number of pyridine rings is 1. The monoisotopic (exact) mass is 782 g/mol. The summed E-state index contributed by atoms with van der Waals surface area (Å²) in [5.74, 6) is 1.94. The lowest BCUT2D eigenvalue weighted by atomic mass is 9.66. The highest BCUT2D eigenvalue weighted by atomic mass is 32.2. The number of rotatable bonds is 5. The van der Waals surface area contributed by atoms with Gasteiger partial charge in [0.25, 0.3) is 0 Å². The minimum absolute atomic E-state index is 0.581. The van der Waals surface area contributed by atoms with E-state index < -0.39 is 5.41 Å². The molecule has 8 aromatic carbocycles. The third kappa shape index (κ3) is 5.26. The van der Waals surface area contributed by atoms with Crippen molar-refractivity contribution in [3.63, 3.8) is 0 Å². The summed E-state index contributed by atoms with van der Waals surface area (Å²) in [6.07, 6.45) is 1.90. The minimum atomic E-state index is -0.581. The first-order chi connectivity index (χ1) is 29.8. The van der Waals surface area contributed by atoms with E-state index in [1.54, 1.807) is 0 Å². The van der Waals surface area contributed by atoms with E-state index in [1.807, 2.05) is 60.4 Å². The SMILES string of the molecule is c1ccc(-c2nc(-c3ccccc3)nc(-c3cccc4c3Sc3c(-c5ccc(-c6ccnc7ccccc67)cc5)cccc3C43c4ccccc4-c4ccccc43)n2)cc1. The molecule has 12 rings (SSSR count).